The zero-order valence-electron chi connectivity index (χ0n) is 25.0. The molecule has 1 aromatic carbocycles. The fourth-order valence-electron chi connectivity index (χ4n) is 5.67. The maximum atomic E-state index is 14.1. The molecule has 18 heteroatoms. The largest absolute Gasteiger partial charge is 0.416 e. The van der Waals surface area contributed by atoms with Crippen LogP contribution >= 0.6 is 11.6 Å². The fraction of sp³-hybridized carbons (Fsp3) is 0.379. The van der Waals surface area contributed by atoms with Gasteiger partial charge in [-0.05, 0) is 36.6 Å². The van der Waals surface area contributed by atoms with Gasteiger partial charge in [-0.15, -0.1) is 5.10 Å². The summed E-state index contributed by atoms with van der Waals surface area (Å²) in [6.45, 7) is 3.29. The number of aromatic amines is 2. The number of rotatable bonds is 7. The number of piperazine rings is 1. The number of hydrogen-bond donors (Lipinski definition) is 3. The van der Waals surface area contributed by atoms with Gasteiger partial charge in [0.25, 0.3) is 11.5 Å². The third-order valence-corrected chi connectivity index (χ3v) is 8.31. The zero-order valence-corrected chi connectivity index (χ0v) is 25.7. The number of hydrogen-bond acceptors (Lipinski definition) is 8. The molecule has 5 heterocycles. The van der Waals surface area contributed by atoms with Gasteiger partial charge in [-0.3, -0.25) is 14.4 Å². The number of halogens is 4. The van der Waals surface area contributed by atoms with Gasteiger partial charge in [-0.1, -0.05) is 24.6 Å². The highest BCUT2D eigenvalue weighted by molar-refractivity contribution is 6.33. The molecule has 2 aliphatic rings. The summed E-state index contributed by atoms with van der Waals surface area (Å²) < 4.78 is 47.5. The summed E-state index contributed by atoms with van der Waals surface area (Å²) in [5.41, 5.74) is -0.270. The molecule has 4 aromatic rings. The Morgan fingerprint density at radius 2 is 1.91 bits per heavy atom. The second-order valence-electron chi connectivity index (χ2n) is 10.9. The average Bonchev–Trinajstić information content (AvgIpc) is 3.70. The minimum Gasteiger partial charge on any atom is -0.377 e. The van der Waals surface area contributed by atoms with Crippen LogP contribution in [-0.4, -0.2) is 85.2 Å². The Bertz CT molecular complexity index is 2000. The number of H-pyrrole nitrogens is 2. The molecule has 0 aliphatic carbocycles. The summed E-state index contributed by atoms with van der Waals surface area (Å²) in [5, 5.41) is 6.79. The van der Waals surface area contributed by atoms with E-state index >= 15 is 0 Å². The minimum atomic E-state index is -4.61. The highest BCUT2D eigenvalue weighted by Gasteiger charge is 2.32. The summed E-state index contributed by atoms with van der Waals surface area (Å²) in [6.07, 6.45) is -0.656. The molecule has 2 amide bonds. The molecule has 1 fully saturated rings. The summed E-state index contributed by atoms with van der Waals surface area (Å²) in [5.74, 6) is -0.572. The Balaban J connectivity index is 1.35. The van der Waals surface area contributed by atoms with Crippen LogP contribution in [0.25, 0.3) is 11.4 Å². The van der Waals surface area contributed by atoms with E-state index in [1.54, 1.807) is 9.47 Å². The smallest absolute Gasteiger partial charge is 0.377 e. The molecule has 3 N–H and O–H groups in total. The Morgan fingerprint density at radius 1 is 1.15 bits per heavy atom. The van der Waals surface area contributed by atoms with Crippen molar-refractivity contribution in [2.45, 2.75) is 32.5 Å². The lowest BCUT2D eigenvalue weighted by Crippen LogP contribution is -2.51. The van der Waals surface area contributed by atoms with E-state index in [-0.39, 0.29) is 66.5 Å². The third-order valence-electron chi connectivity index (χ3n) is 7.99. The predicted molar refractivity (Wildman–Crippen MR) is 165 cm³/mol. The maximum Gasteiger partial charge on any atom is 0.416 e. The molecule has 2 aliphatic heterocycles. The molecule has 47 heavy (non-hydrogen) atoms. The molecule has 0 bridgehead atoms. The number of alkyl halides is 3. The van der Waals surface area contributed by atoms with Gasteiger partial charge < -0.3 is 34.4 Å². The summed E-state index contributed by atoms with van der Waals surface area (Å²) in [4.78, 5) is 64.7. The van der Waals surface area contributed by atoms with Gasteiger partial charge in [0.05, 0.1) is 35.2 Å². The fourth-order valence-corrected chi connectivity index (χ4v) is 5.90. The van der Waals surface area contributed by atoms with Crippen molar-refractivity contribution in [1.82, 2.24) is 34.0 Å². The van der Waals surface area contributed by atoms with Crippen LogP contribution in [0.5, 0.6) is 0 Å². The molecule has 3 aromatic heterocycles. The van der Waals surface area contributed by atoms with Crippen molar-refractivity contribution in [3.63, 3.8) is 0 Å². The topological polar surface area (TPSA) is 163 Å². The van der Waals surface area contributed by atoms with Crippen molar-refractivity contribution in [2.75, 3.05) is 49.6 Å². The first-order chi connectivity index (χ1) is 22.4. The van der Waals surface area contributed by atoms with Gasteiger partial charge in [0.15, 0.2) is 5.82 Å². The first kappa shape index (κ1) is 32.1. The lowest BCUT2D eigenvalue weighted by Gasteiger charge is -2.36. The van der Waals surface area contributed by atoms with Crippen molar-refractivity contribution >= 4 is 46.1 Å². The van der Waals surface area contributed by atoms with Crippen molar-refractivity contribution < 1.29 is 27.5 Å². The van der Waals surface area contributed by atoms with Crippen LogP contribution in [0, 0.1) is 0 Å². The maximum absolute atomic E-state index is 14.1. The SMILES string of the molecule is CCc1c(N2CCN(C(=O)c3c[nH]c(=O)[nH]3)CC2)c(=O)n2nc(C3=CCOCC3)nc2n1CC(=O)Nc1ccc(C(F)(F)F)cc1Cl. The quantitative estimate of drug-likeness (QED) is 0.269. The number of amides is 2. The van der Waals surface area contributed by atoms with Crippen molar-refractivity contribution in [3.8, 4) is 0 Å². The van der Waals surface area contributed by atoms with Crippen LogP contribution in [0.3, 0.4) is 0 Å². The predicted octanol–water partition coefficient (Wildman–Crippen LogP) is 2.55. The number of fused-ring (bicyclic) bond motifs is 1. The molecular formula is C29H29ClF3N9O5. The number of ether oxygens (including phenoxy) is 1. The average molecular weight is 676 g/mol. The van der Waals surface area contributed by atoms with Gasteiger partial charge in [0.2, 0.25) is 11.7 Å². The monoisotopic (exact) mass is 675 g/mol. The van der Waals surface area contributed by atoms with Crippen LogP contribution < -0.4 is 21.5 Å². The van der Waals surface area contributed by atoms with E-state index in [9.17, 15) is 32.3 Å². The van der Waals surface area contributed by atoms with Gasteiger partial charge in [-0.2, -0.15) is 22.7 Å². The number of imidazole rings is 1. The molecule has 14 nitrogen and oxygen atoms in total. The summed E-state index contributed by atoms with van der Waals surface area (Å²) >= 11 is 6.09. The number of nitrogens with one attached hydrogen (secondary N) is 3. The second kappa shape index (κ2) is 12.7. The summed E-state index contributed by atoms with van der Waals surface area (Å²) in [7, 11) is 0. The number of carbonyl (C=O) groups is 2. The Hall–Kier alpha value is -4.90. The molecule has 248 valence electrons. The van der Waals surface area contributed by atoms with Crippen LogP contribution in [0.1, 0.15) is 40.9 Å². The van der Waals surface area contributed by atoms with Gasteiger partial charge in [0.1, 0.15) is 17.9 Å². The number of benzene rings is 1. The van der Waals surface area contributed by atoms with E-state index in [0.29, 0.717) is 37.6 Å². The summed E-state index contributed by atoms with van der Waals surface area (Å²) in [6, 6.07) is 2.63. The van der Waals surface area contributed by atoms with Crippen LogP contribution in [0.4, 0.5) is 24.5 Å². The van der Waals surface area contributed by atoms with E-state index in [2.05, 4.69) is 25.4 Å². The molecule has 0 radical (unpaired) electrons. The molecule has 0 atom stereocenters. The van der Waals surface area contributed by atoms with Crippen molar-refractivity contribution in [1.29, 1.82) is 0 Å². The molecule has 0 saturated carbocycles. The van der Waals surface area contributed by atoms with Crippen molar-refractivity contribution in [3.05, 3.63) is 79.1 Å². The highest BCUT2D eigenvalue weighted by Crippen LogP contribution is 2.34. The first-order valence-electron chi connectivity index (χ1n) is 14.7. The Morgan fingerprint density at radius 3 is 2.53 bits per heavy atom. The minimum absolute atomic E-state index is 0.0147. The van der Waals surface area contributed by atoms with E-state index in [0.717, 1.165) is 28.3 Å². The number of aromatic nitrogens is 6. The van der Waals surface area contributed by atoms with Gasteiger partial charge in [-0.25, -0.2) is 4.79 Å². The van der Waals surface area contributed by atoms with Crippen LogP contribution in [0.15, 0.2) is 40.1 Å². The van der Waals surface area contributed by atoms with Gasteiger partial charge in [0, 0.05) is 32.4 Å². The second-order valence-corrected chi connectivity index (χ2v) is 11.3. The number of nitrogens with zero attached hydrogens (tertiary/aromatic N) is 6. The van der Waals surface area contributed by atoms with Crippen molar-refractivity contribution in [2.24, 2.45) is 0 Å². The number of carbonyl (C=O) groups excluding carboxylic acids is 2. The lowest BCUT2D eigenvalue weighted by molar-refractivity contribution is -0.137. The Kier molecular flexibility index (Phi) is 8.67. The van der Waals surface area contributed by atoms with Gasteiger partial charge >= 0.3 is 11.9 Å². The van der Waals surface area contributed by atoms with E-state index < -0.39 is 28.9 Å². The third kappa shape index (κ3) is 6.40. The van der Waals surface area contributed by atoms with Crippen LogP contribution in [-0.2, 0) is 28.7 Å². The van der Waals surface area contributed by atoms with E-state index in [1.807, 2.05) is 17.9 Å². The zero-order chi connectivity index (χ0) is 33.5. The molecular weight excluding hydrogens is 647 g/mol. The molecule has 0 unspecified atom stereocenters. The normalized spacial score (nSPS) is 15.6. The number of anilines is 2. The molecule has 1 saturated heterocycles. The highest BCUT2D eigenvalue weighted by atomic mass is 35.5. The lowest BCUT2D eigenvalue weighted by atomic mass is 10.1. The molecule has 0 spiro atoms. The van der Waals surface area contributed by atoms with E-state index in [1.165, 1.54) is 6.20 Å². The molecule has 6 rings (SSSR count). The first-order valence-corrected chi connectivity index (χ1v) is 15.1. The Labute approximate surface area is 268 Å². The standard InChI is InChI=1S/C29H29ClF3N9O5/c1-2-21-23(39-7-9-40(10-8-39)25(44)20-14-34-27(46)36-20)26(45)42-28(37-24(38-42)16-5-11-47-12-6-16)41(21)15-22(43)35-19-4-3-17(13-18(19)30)29(31,32)33/h3-5,13-14H,2,6-12,15H2,1H3,(H,35,43)(H2,34,36,46). The van der Waals surface area contributed by atoms with E-state index in [4.69, 9.17) is 16.3 Å². The van der Waals surface area contributed by atoms with Crippen LogP contribution in [0.2, 0.25) is 5.02 Å².